The van der Waals surface area contributed by atoms with E-state index in [0.717, 1.165) is 30.7 Å². The summed E-state index contributed by atoms with van der Waals surface area (Å²) >= 11 is 0. The Hall–Kier alpha value is -1.15. The summed E-state index contributed by atoms with van der Waals surface area (Å²) in [5, 5.41) is 4.27. The molecule has 12 heavy (non-hydrogen) atoms. The Balaban J connectivity index is 3.44. The number of amides is 1. The second-order valence-electron chi connectivity index (χ2n) is 2.52. The highest BCUT2D eigenvalue weighted by Crippen LogP contribution is 1.99. The van der Waals surface area contributed by atoms with E-state index in [9.17, 15) is 9.59 Å². The third kappa shape index (κ3) is 5.62. The van der Waals surface area contributed by atoms with Crippen molar-refractivity contribution in [3.05, 3.63) is 0 Å². The molecule has 0 N–H and O–H groups in total. The Morgan fingerprint density at radius 2 is 2.17 bits per heavy atom. The topological polar surface area (TPSA) is 49.7 Å². The first-order chi connectivity index (χ1) is 5.85. The van der Waals surface area contributed by atoms with Crippen molar-refractivity contribution in [3.63, 3.8) is 0 Å². The summed E-state index contributed by atoms with van der Waals surface area (Å²) in [6.07, 6.45) is 6.12. The van der Waals surface area contributed by atoms with Crippen LogP contribution >= 0.6 is 0 Å². The molecule has 0 radical (unpaired) electrons. The lowest BCUT2D eigenvalue weighted by Crippen LogP contribution is -2.15. The molecule has 0 aliphatic rings. The molecule has 4 nitrogen and oxygen atoms in total. The average Bonchev–Trinajstić information content (AvgIpc) is 2.10. The number of carbonyl (C=O) groups excluding carboxylic acids is 2. The summed E-state index contributed by atoms with van der Waals surface area (Å²) in [5.74, 6) is 0. The third-order valence-electron chi connectivity index (χ3n) is 1.53. The van der Waals surface area contributed by atoms with Gasteiger partial charge in [0.2, 0.25) is 6.41 Å². The standard InChI is InChI=1S/C8H14N2O2/c1-2-3-4-5-6-10(8-12)9-7-11/h8H,2-6H2,1H3. The van der Waals surface area contributed by atoms with Crippen molar-refractivity contribution in [1.29, 1.82) is 0 Å². The number of hydrogen-bond acceptors (Lipinski definition) is 3. The van der Waals surface area contributed by atoms with Crippen molar-refractivity contribution < 1.29 is 9.59 Å². The maximum atomic E-state index is 10.2. The van der Waals surface area contributed by atoms with Gasteiger partial charge in [-0.05, 0) is 6.42 Å². The SMILES string of the molecule is CCCCCCN(C=O)N=C=O. The molecule has 0 aromatic heterocycles. The number of rotatable bonds is 7. The Morgan fingerprint density at radius 1 is 1.42 bits per heavy atom. The van der Waals surface area contributed by atoms with Crippen molar-refractivity contribution in [3.8, 4) is 0 Å². The normalized spacial score (nSPS) is 8.75. The number of nitrogens with zero attached hydrogens (tertiary/aromatic N) is 2. The molecule has 0 aliphatic carbocycles. The molecular weight excluding hydrogens is 156 g/mol. The van der Waals surface area contributed by atoms with E-state index in [-0.39, 0.29) is 0 Å². The van der Waals surface area contributed by atoms with Crippen LogP contribution in [0.2, 0.25) is 0 Å². The predicted molar refractivity (Wildman–Crippen MR) is 45.0 cm³/mol. The zero-order chi connectivity index (χ0) is 9.23. The minimum Gasteiger partial charge on any atom is -0.277 e. The first-order valence-electron chi connectivity index (χ1n) is 4.14. The van der Waals surface area contributed by atoms with E-state index in [1.165, 1.54) is 6.08 Å². The fraction of sp³-hybridized carbons (Fsp3) is 0.750. The van der Waals surface area contributed by atoms with E-state index in [1.54, 1.807) is 0 Å². The Kier molecular flexibility index (Phi) is 7.19. The largest absolute Gasteiger partial charge is 0.277 e. The average molecular weight is 170 g/mol. The van der Waals surface area contributed by atoms with Gasteiger partial charge in [0.1, 0.15) is 0 Å². The minimum absolute atomic E-state index is 0.513. The van der Waals surface area contributed by atoms with Gasteiger partial charge in [0.05, 0.1) is 0 Å². The first kappa shape index (κ1) is 10.8. The molecule has 0 saturated heterocycles. The van der Waals surface area contributed by atoms with E-state index >= 15 is 0 Å². The molecule has 0 unspecified atom stereocenters. The second-order valence-corrected chi connectivity index (χ2v) is 2.52. The maximum absolute atomic E-state index is 10.2. The van der Waals surface area contributed by atoms with Crippen LogP contribution in [0.4, 0.5) is 0 Å². The van der Waals surface area contributed by atoms with Crippen LogP contribution in [0.25, 0.3) is 0 Å². The molecule has 68 valence electrons. The summed E-state index contributed by atoms with van der Waals surface area (Å²) in [5.41, 5.74) is 0. The molecule has 1 amide bonds. The van der Waals surface area contributed by atoms with Crippen LogP contribution in [0.5, 0.6) is 0 Å². The van der Waals surface area contributed by atoms with Gasteiger partial charge in [0.15, 0.2) is 0 Å². The number of isocyanates is 1. The summed E-state index contributed by atoms with van der Waals surface area (Å²) in [7, 11) is 0. The van der Waals surface area contributed by atoms with E-state index in [0.29, 0.717) is 13.0 Å². The smallest absolute Gasteiger partial charge is 0.258 e. The van der Waals surface area contributed by atoms with Gasteiger partial charge in [-0.1, -0.05) is 31.3 Å². The van der Waals surface area contributed by atoms with E-state index in [2.05, 4.69) is 12.0 Å². The van der Waals surface area contributed by atoms with Gasteiger partial charge in [0, 0.05) is 6.54 Å². The highest BCUT2D eigenvalue weighted by Gasteiger charge is 1.96. The quantitative estimate of drug-likeness (QED) is 0.190. The highest BCUT2D eigenvalue weighted by molar-refractivity contribution is 5.48. The zero-order valence-electron chi connectivity index (χ0n) is 7.32. The van der Waals surface area contributed by atoms with Crippen molar-refractivity contribution in [2.24, 2.45) is 5.10 Å². The van der Waals surface area contributed by atoms with Crippen LogP contribution in [0.15, 0.2) is 5.10 Å². The fourth-order valence-electron chi connectivity index (χ4n) is 0.879. The molecular formula is C8H14N2O2. The van der Waals surface area contributed by atoms with Crippen molar-refractivity contribution in [1.82, 2.24) is 5.01 Å². The molecule has 0 aromatic rings. The van der Waals surface area contributed by atoms with Gasteiger partial charge in [-0.25, -0.2) is 9.80 Å². The Labute approximate surface area is 72.2 Å². The van der Waals surface area contributed by atoms with E-state index in [1.807, 2.05) is 0 Å². The molecule has 0 fully saturated rings. The number of unbranched alkanes of at least 4 members (excludes halogenated alkanes) is 3. The fourth-order valence-corrected chi connectivity index (χ4v) is 0.879. The predicted octanol–water partition coefficient (Wildman–Crippen LogP) is 1.28. The number of hydrazone groups is 1. The maximum Gasteiger partial charge on any atom is 0.258 e. The highest BCUT2D eigenvalue weighted by atomic mass is 16.2. The van der Waals surface area contributed by atoms with Crippen molar-refractivity contribution >= 4 is 12.5 Å². The lowest BCUT2D eigenvalue weighted by Gasteiger charge is -2.06. The molecule has 0 aliphatic heterocycles. The van der Waals surface area contributed by atoms with Crippen LogP contribution in [0.1, 0.15) is 32.6 Å². The van der Waals surface area contributed by atoms with Crippen LogP contribution in [-0.4, -0.2) is 24.0 Å². The number of carbonyl (C=O) groups is 1. The summed E-state index contributed by atoms with van der Waals surface area (Å²) in [6, 6.07) is 0. The Bertz CT molecular complexity index is 164. The summed E-state index contributed by atoms with van der Waals surface area (Å²) in [4.78, 5) is 20.0. The molecule has 0 aromatic carbocycles. The number of hydrogen-bond donors (Lipinski definition) is 0. The van der Waals surface area contributed by atoms with Gasteiger partial charge in [-0.3, -0.25) is 4.79 Å². The van der Waals surface area contributed by atoms with Gasteiger partial charge in [-0.2, -0.15) is 0 Å². The van der Waals surface area contributed by atoms with Gasteiger partial charge < -0.3 is 0 Å². The van der Waals surface area contributed by atoms with Crippen LogP contribution < -0.4 is 0 Å². The first-order valence-corrected chi connectivity index (χ1v) is 4.14. The molecule has 0 bridgehead atoms. The summed E-state index contributed by atoms with van der Waals surface area (Å²) in [6.45, 7) is 2.62. The second kappa shape index (κ2) is 7.95. The van der Waals surface area contributed by atoms with Gasteiger partial charge in [0.25, 0.3) is 6.08 Å². The lowest BCUT2D eigenvalue weighted by molar-refractivity contribution is -0.118. The van der Waals surface area contributed by atoms with Crippen LogP contribution in [0.3, 0.4) is 0 Å². The molecule has 0 spiro atoms. The lowest BCUT2D eigenvalue weighted by atomic mass is 10.2. The molecule has 0 rings (SSSR count). The third-order valence-corrected chi connectivity index (χ3v) is 1.53. The van der Waals surface area contributed by atoms with E-state index in [4.69, 9.17) is 0 Å². The van der Waals surface area contributed by atoms with Gasteiger partial charge in [-0.15, -0.1) is 0 Å². The van der Waals surface area contributed by atoms with Crippen LogP contribution in [-0.2, 0) is 9.59 Å². The zero-order valence-corrected chi connectivity index (χ0v) is 7.32. The molecule has 0 atom stereocenters. The molecule has 4 heteroatoms. The molecule has 0 heterocycles. The van der Waals surface area contributed by atoms with E-state index < -0.39 is 0 Å². The van der Waals surface area contributed by atoms with Gasteiger partial charge >= 0.3 is 0 Å². The minimum atomic E-state index is 0.513. The molecule has 0 saturated carbocycles. The van der Waals surface area contributed by atoms with Crippen molar-refractivity contribution in [2.45, 2.75) is 32.6 Å². The van der Waals surface area contributed by atoms with Crippen molar-refractivity contribution in [2.75, 3.05) is 6.54 Å². The Morgan fingerprint density at radius 3 is 2.67 bits per heavy atom. The monoisotopic (exact) mass is 170 g/mol. The van der Waals surface area contributed by atoms with Crippen LogP contribution in [0, 0.1) is 0 Å². The summed E-state index contributed by atoms with van der Waals surface area (Å²) < 4.78 is 0.